The Hall–Kier alpha value is -2.72. The fraction of sp³-hybridized carbons (Fsp3) is 0.286. The fourth-order valence-electron chi connectivity index (χ4n) is 2.12. The summed E-state index contributed by atoms with van der Waals surface area (Å²) in [6, 6.07) is 3.76. The molecular weight excluding hydrogens is 360 g/mol. The van der Waals surface area contributed by atoms with Crippen LogP contribution in [0.5, 0.6) is 0 Å². The number of alkyl halides is 6. The number of benzene rings is 1. The molecule has 0 saturated carbocycles. The Kier molecular flexibility index (Phi) is 4.69. The summed E-state index contributed by atoms with van der Waals surface area (Å²) in [5.41, 5.74) is -2.78. The highest BCUT2D eigenvalue weighted by atomic mass is 19.4. The van der Waals surface area contributed by atoms with E-state index in [1.807, 2.05) is 0 Å². The minimum absolute atomic E-state index is 0.0323. The molecule has 1 aromatic heterocycles. The van der Waals surface area contributed by atoms with Gasteiger partial charge in [-0.2, -0.15) is 26.3 Å². The molecular formula is C14H9F6NO4. The molecule has 0 radical (unpaired) electrons. The molecule has 2 rings (SSSR count). The number of hydrogen-bond acceptors (Lipinski definition) is 4. The average Bonchev–Trinajstić information content (AvgIpc) is 2.41. The molecule has 1 N–H and O–H groups in total. The van der Waals surface area contributed by atoms with Crippen molar-refractivity contribution in [2.75, 3.05) is 18.0 Å². The van der Waals surface area contributed by atoms with E-state index in [0.717, 1.165) is 24.3 Å². The van der Waals surface area contributed by atoms with E-state index in [-0.39, 0.29) is 15.9 Å². The van der Waals surface area contributed by atoms with Crippen LogP contribution < -0.4 is 10.5 Å². The Bertz CT molecular complexity index is 839. The van der Waals surface area contributed by atoms with Crippen molar-refractivity contribution >= 4 is 22.6 Å². The monoisotopic (exact) mass is 369 g/mol. The van der Waals surface area contributed by atoms with Crippen LogP contribution in [0.15, 0.2) is 33.5 Å². The van der Waals surface area contributed by atoms with Gasteiger partial charge in [0.05, 0.1) is 0 Å². The maximum absolute atomic E-state index is 12.5. The topological polar surface area (TPSA) is 70.8 Å². The highest BCUT2D eigenvalue weighted by Gasteiger charge is 2.37. The number of nitrogens with zero attached hydrogens (tertiary/aromatic N) is 1. The van der Waals surface area contributed by atoms with Gasteiger partial charge in [0.1, 0.15) is 24.2 Å². The van der Waals surface area contributed by atoms with Crippen LogP contribution in [0.2, 0.25) is 0 Å². The van der Waals surface area contributed by atoms with Crippen LogP contribution in [0.1, 0.15) is 10.4 Å². The zero-order valence-corrected chi connectivity index (χ0v) is 12.1. The van der Waals surface area contributed by atoms with Gasteiger partial charge in [0.15, 0.2) is 0 Å². The summed E-state index contributed by atoms with van der Waals surface area (Å²) < 4.78 is 79.9. The molecule has 0 atom stereocenters. The van der Waals surface area contributed by atoms with Gasteiger partial charge in [0, 0.05) is 17.1 Å². The van der Waals surface area contributed by atoms with E-state index < -0.39 is 48.3 Å². The molecule has 0 bridgehead atoms. The summed E-state index contributed by atoms with van der Waals surface area (Å²) in [5.74, 6) is -1.57. The molecule has 25 heavy (non-hydrogen) atoms. The van der Waals surface area contributed by atoms with E-state index in [2.05, 4.69) is 4.42 Å². The largest absolute Gasteiger partial charge is 0.477 e. The van der Waals surface area contributed by atoms with Crippen LogP contribution in [0.3, 0.4) is 0 Å². The number of hydrogen-bond donors (Lipinski definition) is 1. The minimum atomic E-state index is -4.89. The summed E-state index contributed by atoms with van der Waals surface area (Å²) in [6.07, 6.45) is -9.79. The Labute approximate surface area is 135 Å². The second-order valence-electron chi connectivity index (χ2n) is 5.06. The first-order valence-electron chi connectivity index (χ1n) is 6.55. The summed E-state index contributed by atoms with van der Waals surface area (Å²) in [6.45, 7) is -3.73. The van der Waals surface area contributed by atoms with Gasteiger partial charge < -0.3 is 14.4 Å². The summed E-state index contributed by atoms with van der Waals surface area (Å²) in [7, 11) is 0. The summed E-state index contributed by atoms with van der Waals surface area (Å²) in [5, 5.41) is 8.85. The normalized spacial score (nSPS) is 12.4. The second-order valence-corrected chi connectivity index (χ2v) is 5.06. The van der Waals surface area contributed by atoms with Crippen LogP contribution in [0.25, 0.3) is 11.0 Å². The predicted octanol–water partition coefficient (Wildman–Crippen LogP) is 3.42. The van der Waals surface area contributed by atoms with Crippen molar-refractivity contribution in [3.05, 3.63) is 40.2 Å². The van der Waals surface area contributed by atoms with Crippen LogP contribution in [0, 0.1) is 0 Å². The predicted molar refractivity (Wildman–Crippen MR) is 73.8 cm³/mol. The third-order valence-electron chi connectivity index (χ3n) is 3.06. The van der Waals surface area contributed by atoms with Gasteiger partial charge in [-0.25, -0.2) is 9.59 Å². The molecule has 0 spiro atoms. The summed E-state index contributed by atoms with van der Waals surface area (Å²) >= 11 is 0. The molecule has 0 aliphatic rings. The van der Waals surface area contributed by atoms with Crippen molar-refractivity contribution in [1.82, 2.24) is 0 Å². The second kappa shape index (κ2) is 6.30. The SMILES string of the molecule is O=C(O)c1cc2ccc(N(CC(F)(F)F)CC(F)(F)F)cc2oc1=O. The maximum Gasteiger partial charge on any atom is 0.405 e. The van der Waals surface area contributed by atoms with Gasteiger partial charge in [-0.05, 0) is 18.2 Å². The lowest BCUT2D eigenvalue weighted by molar-refractivity contribution is -0.137. The first-order chi connectivity index (χ1) is 11.4. The number of carbonyl (C=O) groups is 1. The van der Waals surface area contributed by atoms with Crippen molar-refractivity contribution in [3.63, 3.8) is 0 Å². The zero-order chi connectivity index (χ0) is 19.0. The fourth-order valence-corrected chi connectivity index (χ4v) is 2.12. The van der Waals surface area contributed by atoms with Crippen molar-refractivity contribution in [3.8, 4) is 0 Å². The zero-order valence-electron chi connectivity index (χ0n) is 12.1. The Morgan fingerprint density at radius 3 is 2.08 bits per heavy atom. The number of aromatic carboxylic acids is 1. The van der Waals surface area contributed by atoms with Crippen LogP contribution in [-0.2, 0) is 0 Å². The van der Waals surface area contributed by atoms with E-state index in [4.69, 9.17) is 5.11 Å². The standard InChI is InChI=1S/C14H9F6NO4/c15-13(16,17)5-21(6-14(18,19)20)8-2-1-7-3-9(11(22)23)12(24)25-10(7)4-8/h1-4H,5-6H2,(H,22,23). The number of carboxylic acids is 1. The van der Waals surface area contributed by atoms with Gasteiger partial charge in [0.25, 0.3) is 0 Å². The van der Waals surface area contributed by atoms with E-state index in [1.165, 1.54) is 0 Å². The molecule has 0 unspecified atom stereocenters. The number of anilines is 1. The number of rotatable bonds is 4. The van der Waals surface area contributed by atoms with Crippen LogP contribution in [-0.4, -0.2) is 36.5 Å². The van der Waals surface area contributed by atoms with Crippen molar-refractivity contribution in [2.24, 2.45) is 0 Å². The van der Waals surface area contributed by atoms with Gasteiger partial charge in [-0.3, -0.25) is 0 Å². The van der Waals surface area contributed by atoms with Gasteiger partial charge in [0.2, 0.25) is 0 Å². The van der Waals surface area contributed by atoms with Gasteiger partial charge >= 0.3 is 23.9 Å². The Balaban J connectivity index is 2.51. The van der Waals surface area contributed by atoms with Crippen molar-refractivity contribution < 1.29 is 40.7 Å². The van der Waals surface area contributed by atoms with Crippen LogP contribution >= 0.6 is 0 Å². The van der Waals surface area contributed by atoms with Gasteiger partial charge in [-0.15, -0.1) is 0 Å². The number of fused-ring (bicyclic) bond motifs is 1. The molecule has 0 fully saturated rings. The molecule has 2 aromatic rings. The molecule has 1 heterocycles. The first-order valence-corrected chi connectivity index (χ1v) is 6.55. The Morgan fingerprint density at radius 2 is 1.60 bits per heavy atom. The van der Waals surface area contributed by atoms with E-state index in [9.17, 15) is 35.9 Å². The smallest absolute Gasteiger partial charge is 0.405 e. The molecule has 5 nitrogen and oxygen atoms in total. The van der Waals surface area contributed by atoms with E-state index >= 15 is 0 Å². The third-order valence-corrected chi connectivity index (χ3v) is 3.06. The lowest BCUT2D eigenvalue weighted by Crippen LogP contribution is -2.40. The van der Waals surface area contributed by atoms with Crippen molar-refractivity contribution in [2.45, 2.75) is 12.4 Å². The molecule has 0 aliphatic heterocycles. The van der Waals surface area contributed by atoms with Crippen molar-refractivity contribution in [1.29, 1.82) is 0 Å². The molecule has 0 amide bonds. The molecule has 1 aromatic carbocycles. The lowest BCUT2D eigenvalue weighted by atomic mass is 10.1. The molecule has 0 saturated heterocycles. The van der Waals surface area contributed by atoms with Crippen LogP contribution in [0.4, 0.5) is 32.0 Å². The molecule has 0 aliphatic carbocycles. The summed E-state index contributed by atoms with van der Waals surface area (Å²) in [4.78, 5) is 22.4. The van der Waals surface area contributed by atoms with E-state index in [1.54, 1.807) is 0 Å². The minimum Gasteiger partial charge on any atom is -0.477 e. The maximum atomic E-state index is 12.5. The van der Waals surface area contributed by atoms with Gasteiger partial charge in [-0.1, -0.05) is 0 Å². The molecule has 11 heteroatoms. The highest BCUT2D eigenvalue weighted by molar-refractivity contribution is 5.92. The average molecular weight is 369 g/mol. The third kappa shape index (κ3) is 4.88. The number of halogens is 6. The molecule has 136 valence electrons. The number of carboxylic acid groups (broad SMARTS) is 1. The Morgan fingerprint density at radius 1 is 1.04 bits per heavy atom. The van der Waals surface area contributed by atoms with E-state index in [0.29, 0.717) is 0 Å². The lowest BCUT2D eigenvalue weighted by Gasteiger charge is -2.27. The highest BCUT2D eigenvalue weighted by Crippen LogP contribution is 2.29. The first kappa shape index (κ1) is 18.6. The quantitative estimate of drug-likeness (QED) is 0.661.